The molecule has 4 heteroatoms. The summed E-state index contributed by atoms with van der Waals surface area (Å²) in [7, 11) is 0. The summed E-state index contributed by atoms with van der Waals surface area (Å²) in [5.41, 5.74) is 0. The van der Waals surface area contributed by atoms with Gasteiger partial charge in [-0.2, -0.15) is 0 Å². The second kappa shape index (κ2) is 2.58. The van der Waals surface area contributed by atoms with Gasteiger partial charge >= 0.3 is 0 Å². The highest BCUT2D eigenvalue weighted by atomic mass is 19.1. The Kier molecular flexibility index (Phi) is 1.97. The fourth-order valence-corrected chi connectivity index (χ4v) is 0.827. The average Bonchev–Trinajstić information content (AvgIpc) is 1.83. The van der Waals surface area contributed by atoms with Gasteiger partial charge in [-0.3, -0.25) is 0 Å². The molecule has 3 atom stereocenters. The quantitative estimate of drug-likeness (QED) is 0.477. The van der Waals surface area contributed by atoms with Gasteiger partial charge in [-0.05, 0) is 0 Å². The van der Waals surface area contributed by atoms with Crippen LogP contribution < -0.4 is 5.32 Å². The number of aliphatic hydroxyl groups is 1. The van der Waals surface area contributed by atoms with Gasteiger partial charge in [0.2, 0.25) is 0 Å². The van der Waals surface area contributed by atoms with E-state index in [0.29, 0.717) is 0 Å². The van der Waals surface area contributed by atoms with E-state index in [0.717, 1.165) is 0 Å². The van der Waals surface area contributed by atoms with Crippen LogP contribution in [-0.2, 0) is 0 Å². The molecular weight excluding hydrogens is 128 g/mol. The van der Waals surface area contributed by atoms with Crippen LogP contribution in [0.5, 0.6) is 0 Å². The van der Waals surface area contributed by atoms with Crippen LogP contribution >= 0.6 is 0 Å². The molecule has 1 heterocycles. The molecule has 0 aromatic carbocycles. The molecule has 1 aliphatic rings. The van der Waals surface area contributed by atoms with Crippen molar-refractivity contribution >= 4 is 0 Å². The molecule has 0 radical (unpaired) electrons. The van der Waals surface area contributed by atoms with Gasteiger partial charge in [0.05, 0.1) is 0 Å². The third-order valence-electron chi connectivity index (χ3n) is 1.42. The number of alkyl halides is 2. The molecule has 0 spiro atoms. The van der Waals surface area contributed by atoms with Crippen LogP contribution in [0.25, 0.3) is 0 Å². The minimum absolute atomic E-state index is 0.0571. The number of hydrogen-bond donors (Lipinski definition) is 2. The number of aliphatic hydroxyl groups excluding tert-OH is 1. The maximum absolute atomic E-state index is 12.3. The zero-order valence-corrected chi connectivity index (χ0v) is 4.85. The summed E-state index contributed by atoms with van der Waals surface area (Å²) >= 11 is 0. The van der Waals surface area contributed by atoms with Gasteiger partial charge in [0.1, 0.15) is 18.4 Å². The first-order valence-corrected chi connectivity index (χ1v) is 2.88. The van der Waals surface area contributed by atoms with Crippen molar-refractivity contribution in [1.82, 2.24) is 5.32 Å². The molecular formula is C5H9F2NO. The molecule has 0 aromatic heterocycles. The molecule has 1 fully saturated rings. The second-order valence-corrected chi connectivity index (χ2v) is 2.18. The highest BCUT2D eigenvalue weighted by Crippen LogP contribution is 2.10. The topological polar surface area (TPSA) is 32.3 Å². The fraction of sp³-hybridized carbons (Fsp3) is 1.00. The van der Waals surface area contributed by atoms with Gasteiger partial charge in [-0.25, -0.2) is 8.78 Å². The zero-order valence-electron chi connectivity index (χ0n) is 4.85. The molecule has 54 valence electrons. The highest BCUT2D eigenvalue weighted by Gasteiger charge is 2.31. The molecule has 9 heavy (non-hydrogen) atoms. The molecule has 0 bridgehead atoms. The van der Waals surface area contributed by atoms with Crippen molar-refractivity contribution in [2.45, 2.75) is 18.4 Å². The normalized spacial score (nSPS) is 45.0. The number of nitrogens with one attached hydrogen (secondary N) is 1. The van der Waals surface area contributed by atoms with Crippen LogP contribution in [-0.4, -0.2) is 36.6 Å². The molecule has 0 amide bonds. The SMILES string of the molecule is OC1C(F)CNC[C@H]1F. The largest absolute Gasteiger partial charge is 0.387 e. The Morgan fingerprint density at radius 3 is 2.00 bits per heavy atom. The van der Waals surface area contributed by atoms with Gasteiger partial charge in [-0.15, -0.1) is 0 Å². The van der Waals surface area contributed by atoms with E-state index in [1.807, 2.05) is 0 Å². The van der Waals surface area contributed by atoms with Gasteiger partial charge in [0, 0.05) is 13.1 Å². The first-order valence-electron chi connectivity index (χ1n) is 2.88. The summed E-state index contributed by atoms with van der Waals surface area (Å²) in [6.45, 7) is 0.114. The first kappa shape index (κ1) is 6.89. The zero-order chi connectivity index (χ0) is 6.85. The van der Waals surface area contributed by atoms with Gasteiger partial charge in [-0.1, -0.05) is 0 Å². The van der Waals surface area contributed by atoms with Crippen molar-refractivity contribution in [2.24, 2.45) is 0 Å². The number of halogens is 2. The van der Waals surface area contributed by atoms with E-state index in [9.17, 15) is 8.78 Å². The van der Waals surface area contributed by atoms with Crippen LogP contribution in [0.4, 0.5) is 8.78 Å². The number of hydrogen-bond acceptors (Lipinski definition) is 2. The molecule has 0 saturated carbocycles. The van der Waals surface area contributed by atoms with E-state index in [2.05, 4.69) is 5.32 Å². The lowest BCUT2D eigenvalue weighted by atomic mass is 10.1. The van der Waals surface area contributed by atoms with E-state index < -0.39 is 18.4 Å². The fourth-order valence-electron chi connectivity index (χ4n) is 0.827. The van der Waals surface area contributed by atoms with Crippen molar-refractivity contribution in [3.05, 3.63) is 0 Å². The number of piperidine rings is 1. The molecule has 0 aliphatic carbocycles. The molecule has 2 unspecified atom stereocenters. The average molecular weight is 137 g/mol. The maximum atomic E-state index is 12.3. The van der Waals surface area contributed by atoms with Gasteiger partial charge in [0.25, 0.3) is 0 Å². The van der Waals surface area contributed by atoms with Crippen molar-refractivity contribution in [2.75, 3.05) is 13.1 Å². The third-order valence-corrected chi connectivity index (χ3v) is 1.42. The van der Waals surface area contributed by atoms with Crippen molar-refractivity contribution in [3.8, 4) is 0 Å². The van der Waals surface area contributed by atoms with Crippen molar-refractivity contribution < 1.29 is 13.9 Å². The molecule has 0 aromatic rings. The lowest BCUT2D eigenvalue weighted by Crippen LogP contribution is -2.49. The molecule has 1 saturated heterocycles. The van der Waals surface area contributed by atoms with Crippen LogP contribution in [0.1, 0.15) is 0 Å². The predicted octanol–water partition coefficient (Wildman–Crippen LogP) is -0.373. The Balaban J connectivity index is 2.41. The monoisotopic (exact) mass is 137 g/mol. The Bertz CT molecular complexity index is 91.0. The molecule has 2 nitrogen and oxygen atoms in total. The summed E-state index contributed by atoms with van der Waals surface area (Å²) in [5.74, 6) is 0. The standard InChI is InChI=1S/C5H9F2NO/c6-3-1-8-2-4(7)5(3)9/h3-5,8-9H,1-2H2/t3-,4?,5?/m1/s1. The summed E-state index contributed by atoms with van der Waals surface area (Å²) < 4.78 is 24.6. The van der Waals surface area contributed by atoms with Gasteiger partial charge < -0.3 is 10.4 Å². The van der Waals surface area contributed by atoms with Crippen LogP contribution in [0.15, 0.2) is 0 Å². The molecule has 1 aliphatic heterocycles. The smallest absolute Gasteiger partial charge is 0.141 e. The highest BCUT2D eigenvalue weighted by molar-refractivity contribution is 4.84. The number of rotatable bonds is 0. The Hall–Kier alpha value is -0.220. The molecule has 1 rings (SSSR count). The second-order valence-electron chi connectivity index (χ2n) is 2.18. The summed E-state index contributed by atoms with van der Waals surface area (Å²) in [4.78, 5) is 0. The summed E-state index contributed by atoms with van der Waals surface area (Å²) in [6.07, 6.45) is -4.33. The minimum Gasteiger partial charge on any atom is -0.387 e. The van der Waals surface area contributed by atoms with Crippen LogP contribution in [0.3, 0.4) is 0 Å². The molecule has 2 N–H and O–H groups in total. The summed E-state index contributed by atoms with van der Waals surface area (Å²) in [5, 5.41) is 11.2. The summed E-state index contributed by atoms with van der Waals surface area (Å²) in [6, 6.07) is 0. The van der Waals surface area contributed by atoms with Crippen LogP contribution in [0.2, 0.25) is 0 Å². The minimum atomic E-state index is -1.45. The van der Waals surface area contributed by atoms with Gasteiger partial charge in [0.15, 0.2) is 0 Å². The van der Waals surface area contributed by atoms with E-state index in [4.69, 9.17) is 5.11 Å². The van der Waals surface area contributed by atoms with E-state index in [1.165, 1.54) is 0 Å². The Labute approximate surface area is 51.9 Å². The van der Waals surface area contributed by atoms with Crippen LogP contribution in [0, 0.1) is 0 Å². The third kappa shape index (κ3) is 1.37. The lowest BCUT2D eigenvalue weighted by molar-refractivity contribution is -0.00730. The van der Waals surface area contributed by atoms with E-state index >= 15 is 0 Å². The van der Waals surface area contributed by atoms with E-state index in [1.54, 1.807) is 0 Å². The lowest BCUT2D eigenvalue weighted by Gasteiger charge is -2.25. The first-order chi connectivity index (χ1) is 4.22. The maximum Gasteiger partial charge on any atom is 0.141 e. The van der Waals surface area contributed by atoms with Crippen molar-refractivity contribution in [1.29, 1.82) is 0 Å². The van der Waals surface area contributed by atoms with Crippen molar-refractivity contribution in [3.63, 3.8) is 0 Å². The Morgan fingerprint density at radius 2 is 1.67 bits per heavy atom. The van der Waals surface area contributed by atoms with E-state index in [-0.39, 0.29) is 13.1 Å². The Morgan fingerprint density at radius 1 is 1.22 bits per heavy atom. The predicted molar refractivity (Wildman–Crippen MR) is 28.7 cm³/mol.